The number of aryl methyl sites for hydroxylation is 1. The van der Waals surface area contributed by atoms with Gasteiger partial charge in [0, 0.05) is 6.61 Å². The van der Waals surface area contributed by atoms with Crippen LogP contribution in [-0.4, -0.2) is 31.4 Å². The first-order chi connectivity index (χ1) is 8.17. The molecule has 0 fully saturated rings. The normalized spacial score (nSPS) is 11.9. The molecule has 1 atom stereocenters. The van der Waals surface area contributed by atoms with Gasteiger partial charge in [-0.3, -0.25) is 4.79 Å². The predicted octanol–water partition coefficient (Wildman–Crippen LogP) is 1.55. The van der Waals surface area contributed by atoms with Gasteiger partial charge in [0.25, 0.3) is 0 Å². The van der Waals surface area contributed by atoms with Crippen molar-refractivity contribution < 1.29 is 19.4 Å². The maximum atomic E-state index is 11.4. The van der Waals surface area contributed by atoms with Crippen molar-refractivity contribution in [3.8, 4) is 5.75 Å². The van der Waals surface area contributed by atoms with Crippen LogP contribution in [0.1, 0.15) is 12.0 Å². The molecule has 1 aromatic carbocycles. The van der Waals surface area contributed by atoms with Gasteiger partial charge in [-0.25, -0.2) is 0 Å². The first-order valence-electron chi connectivity index (χ1n) is 5.55. The molecule has 1 unspecified atom stereocenters. The van der Waals surface area contributed by atoms with Gasteiger partial charge in [0.05, 0.1) is 13.0 Å². The third kappa shape index (κ3) is 4.44. The van der Waals surface area contributed by atoms with Crippen LogP contribution in [0, 0.1) is 12.8 Å². The number of carbonyl (C=O) groups excluding carboxylic acids is 1. The van der Waals surface area contributed by atoms with Gasteiger partial charge >= 0.3 is 5.97 Å². The van der Waals surface area contributed by atoms with E-state index in [0.717, 1.165) is 5.56 Å². The van der Waals surface area contributed by atoms with Crippen molar-refractivity contribution in [2.45, 2.75) is 13.3 Å². The highest BCUT2D eigenvalue weighted by Gasteiger charge is 2.19. The Kier molecular flexibility index (Phi) is 5.49. The highest BCUT2D eigenvalue weighted by atomic mass is 16.5. The van der Waals surface area contributed by atoms with E-state index in [1.54, 1.807) is 0 Å². The molecule has 0 aliphatic carbocycles. The molecule has 1 aromatic rings. The smallest absolute Gasteiger partial charge is 0.312 e. The number of benzene rings is 1. The zero-order valence-electron chi connectivity index (χ0n) is 10.2. The lowest BCUT2D eigenvalue weighted by atomic mass is 10.1. The largest absolute Gasteiger partial charge is 0.493 e. The SMILES string of the molecule is COC(=O)C(CCO)COc1ccc(C)cc1. The number of carbonyl (C=O) groups is 1. The van der Waals surface area contributed by atoms with Gasteiger partial charge < -0.3 is 14.6 Å². The van der Waals surface area contributed by atoms with Gasteiger partial charge in [0.2, 0.25) is 0 Å². The number of methoxy groups -OCH3 is 1. The van der Waals surface area contributed by atoms with Crippen molar-refractivity contribution >= 4 is 5.97 Å². The van der Waals surface area contributed by atoms with Crippen LogP contribution in [0.3, 0.4) is 0 Å². The number of rotatable bonds is 6. The van der Waals surface area contributed by atoms with E-state index < -0.39 is 5.92 Å². The predicted molar refractivity (Wildman–Crippen MR) is 63.9 cm³/mol. The van der Waals surface area contributed by atoms with Crippen molar-refractivity contribution in [2.75, 3.05) is 20.3 Å². The molecule has 94 valence electrons. The third-order valence-electron chi connectivity index (χ3n) is 2.48. The number of aliphatic hydroxyl groups is 1. The Morgan fingerprint density at radius 3 is 2.53 bits per heavy atom. The van der Waals surface area contributed by atoms with Gasteiger partial charge in [-0.15, -0.1) is 0 Å². The molecule has 0 spiro atoms. The molecule has 0 aliphatic rings. The van der Waals surface area contributed by atoms with Gasteiger partial charge in [0.1, 0.15) is 12.4 Å². The quantitative estimate of drug-likeness (QED) is 0.764. The Labute approximate surface area is 101 Å². The molecule has 17 heavy (non-hydrogen) atoms. The summed E-state index contributed by atoms with van der Waals surface area (Å²) in [6.45, 7) is 2.15. The average Bonchev–Trinajstić information content (AvgIpc) is 2.35. The molecule has 0 aliphatic heterocycles. The zero-order chi connectivity index (χ0) is 12.7. The van der Waals surface area contributed by atoms with Gasteiger partial charge in [-0.05, 0) is 25.5 Å². The molecule has 4 nitrogen and oxygen atoms in total. The van der Waals surface area contributed by atoms with Crippen LogP contribution in [0.5, 0.6) is 5.75 Å². The molecule has 0 radical (unpaired) electrons. The van der Waals surface area contributed by atoms with Crippen LogP contribution in [0.2, 0.25) is 0 Å². The van der Waals surface area contributed by atoms with Crippen LogP contribution in [0.15, 0.2) is 24.3 Å². The first kappa shape index (κ1) is 13.5. The summed E-state index contributed by atoms with van der Waals surface area (Å²) in [6.07, 6.45) is 0.346. The van der Waals surface area contributed by atoms with Crippen molar-refractivity contribution in [2.24, 2.45) is 5.92 Å². The second-order valence-corrected chi connectivity index (χ2v) is 3.86. The van der Waals surface area contributed by atoms with E-state index >= 15 is 0 Å². The summed E-state index contributed by atoms with van der Waals surface area (Å²) >= 11 is 0. The molecular formula is C13H18O4. The number of hydrogen-bond donors (Lipinski definition) is 1. The van der Waals surface area contributed by atoms with Crippen molar-refractivity contribution in [3.05, 3.63) is 29.8 Å². The number of aliphatic hydroxyl groups excluding tert-OH is 1. The van der Waals surface area contributed by atoms with E-state index in [1.807, 2.05) is 31.2 Å². The minimum Gasteiger partial charge on any atom is -0.493 e. The molecule has 1 N–H and O–H groups in total. The van der Waals surface area contributed by atoms with Crippen molar-refractivity contribution in [3.63, 3.8) is 0 Å². The lowest BCUT2D eigenvalue weighted by Gasteiger charge is -2.14. The van der Waals surface area contributed by atoms with Gasteiger partial charge in [-0.1, -0.05) is 17.7 Å². The molecule has 0 saturated heterocycles. The third-order valence-corrected chi connectivity index (χ3v) is 2.48. The topological polar surface area (TPSA) is 55.8 Å². The molecular weight excluding hydrogens is 220 g/mol. The number of hydrogen-bond acceptors (Lipinski definition) is 4. The number of ether oxygens (including phenoxy) is 2. The van der Waals surface area contributed by atoms with E-state index in [0.29, 0.717) is 12.2 Å². The molecule has 1 rings (SSSR count). The Bertz CT molecular complexity index is 345. The number of esters is 1. The lowest BCUT2D eigenvalue weighted by Crippen LogP contribution is -2.24. The molecule has 0 aromatic heterocycles. The molecule has 0 heterocycles. The van der Waals surface area contributed by atoms with Crippen LogP contribution in [-0.2, 0) is 9.53 Å². The highest BCUT2D eigenvalue weighted by Crippen LogP contribution is 2.14. The summed E-state index contributed by atoms with van der Waals surface area (Å²) < 4.78 is 10.1. The fraction of sp³-hybridized carbons (Fsp3) is 0.462. The fourth-order valence-corrected chi connectivity index (χ4v) is 1.42. The Hall–Kier alpha value is -1.55. The Balaban J connectivity index is 2.51. The second-order valence-electron chi connectivity index (χ2n) is 3.86. The fourth-order valence-electron chi connectivity index (χ4n) is 1.42. The van der Waals surface area contributed by atoms with Crippen LogP contribution >= 0.6 is 0 Å². The van der Waals surface area contributed by atoms with Gasteiger partial charge in [0.15, 0.2) is 0 Å². The summed E-state index contributed by atoms with van der Waals surface area (Å²) in [6, 6.07) is 7.58. The molecule has 4 heteroatoms. The standard InChI is InChI=1S/C13H18O4/c1-10-3-5-12(6-4-10)17-9-11(7-8-14)13(15)16-2/h3-6,11,14H,7-9H2,1-2H3. The summed E-state index contributed by atoms with van der Waals surface area (Å²) in [4.78, 5) is 11.4. The molecule has 0 bridgehead atoms. The maximum absolute atomic E-state index is 11.4. The summed E-state index contributed by atoms with van der Waals surface area (Å²) in [5.41, 5.74) is 1.15. The van der Waals surface area contributed by atoms with Gasteiger partial charge in [-0.2, -0.15) is 0 Å². The highest BCUT2D eigenvalue weighted by molar-refractivity contribution is 5.72. The monoisotopic (exact) mass is 238 g/mol. The van der Waals surface area contributed by atoms with Crippen LogP contribution in [0.25, 0.3) is 0 Å². The molecule has 0 saturated carbocycles. The lowest BCUT2D eigenvalue weighted by molar-refractivity contribution is -0.147. The van der Waals surface area contributed by atoms with Crippen LogP contribution < -0.4 is 4.74 Å². The molecule has 0 amide bonds. The Morgan fingerprint density at radius 2 is 2.00 bits per heavy atom. The zero-order valence-corrected chi connectivity index (χ0v) is 10.2. The van der Waals surface area contributed by atoms with E-state index in [-0.39, 0.29) is 19.2 Å². The summed E-state index contributed by atoms with van der Waals surface area (Å²) in [7, 11) is 1.33. The van der Waals surface area contributed by atoms with E-state index in [9.17, 15) is 4.79 Å². The average molecular weight is 238 g/mol. The maximum Gasteiger partial charge on any atom is 0.312 e. The van der Waals surface area contributed by atoms with Crippen LogP contribution in [0.4, 0.5) is 0 Å². The second kappa shape index (κ2) is 6.91. The van der Waals surface area contributed by atoms with Crippen molar-refractivity contribution in [1.82, 2.24) is 0 Å². The Morgan fingerprint density at radius 1 is 1.35 bits per heavy atom. The van der Waals surface area contributed by atoms with E-state index in [2.05, 4.69) is 4.74 Å². The van der Waals surface area contributed by atoms with E-state index in [1.165, 1.54) is 7.11 Å². The first-order valence-corrected chi connectivity index (χ1v) is 5.55. The summed E-state index contributed by atoms with van der Waals surface area (Å²) in [5, 5.41) is 8.85. The van der Waals surface area contributed by atoms with E-state index in [4.69, 9.17) is 9.84 Å². The minimum atomic E-state index is -0.425. The van der Waals surface area contributed by atoms with Crippen molar-refractivity contribution in [1.29, 1.82) is 0 Å². The summed E-state index contributed by atoms with van der Waals surface area (Å²) in [5.74, 6) is -0.0695. The minimum absolute atomic E-state index is 0.0585.